The average Bonchev–Trinajstić information content (AvgIpc) is 2.83. The average molecular weight is 481 g/mol. The fraction of sp³-hybridized carbons (Fsp3) is 0.571. The van der Waals surface area contributed by atoms with Crippen molar-refractivity contribution in [2.24, 2.45) is 17.8 Å². The lowest BCUT2D eigenvalue weighted by Gasteiger charge is -2.38. The zero-order valence-electron chi connectivity index (χ0n) is 19.6. The Kier molecular flexibility index (Phi) is 7.83. The fourth-order valence-electron chi connectivity index (χ4n) is 6.03. The van der Waals surface area contributed by atoms with E-state index in [4.69, 9.17) is 0 Å². The topological polar surface area (TPSA) is 9.23 Å². The van der Waals surface area contributed by atoms with Crippen LogP contribution in [-0.2, 0) is 6.11 Å². The third-order valence-electron chi connectivity index (χ3n) is 7.95. The van der Waals surface area contributed by atoms with Crippen molar-refractivity contribution in [1.82, 2.24) is 0 Å². The molecule has 0 unspecified atom stereocenters. The molecule has 2 aliphatic carbocycles. The molecule has 34 heavy (non-hydrogen) atoms. The van der Waals surface area contributed by atoms with Gasteiger partial charge in [0.05, 0.1) is 5.56 Å². The first-order valence-electron chi connectivity index (χ1n) is 12.6. The van der Waals surface area contributed by atoms with E-state index in [2.05, 4.69) is 11.7 Å². The van der Waals surface area contributed by atoms with Crippen LogP contribution in [0.3, 0.4) is 0 Å². The molecule has 2 aliphatic rings. The maximum atomic E-state index is 14.6. The molecule has 1 nitrogen and oxygen atoms in total. The summed E-state index contributed by atoms with van der Waals surface area (Å²) in [7, 11) is 0. The van der Waals surface area contributed by atoms with Crippen LogP contribution in [0.25, 0.3) is 0 Å². The normalized spacial score (nSPS) is 25.8. The van der Waals surface area contributed by atoms with Crippen LogP contribution in [0.1, 0.15) is 88.2 Å². The number of ether oxygens (including phenoxy) is 1. The predicted molar refractivity (Wildman–Crippen MR) is 122 cm³/mol. The number of benzene rings is 2. The summed E-state index contributed by atoms with van der Waals surface area (Å²) in [6.07, 6.45) is 8.80. The quantitative estimate of drug-likeness (QED) is 0.284. The minimum absolute atomic E-state index is 0.358. The van der Waals surface area contributed by atoms with Gasteiger partial charge in [-0.25, -0.2) is 13.2 Å². The minimum Gasteiger partial charge on any atom is -0.429 e. The lowest BCUT2D eigenvalue weighted by Crippen LogP contribution is -2.25. The van der Waals surface area contributed by atoms with Gasteiger partial charge in [0, 0.05) is 12.1 Å². The molecule has 2 aromatic rings. The summed E-state index contributed by atoms with van der Waals surface area (Å²) in [5.74, 6) is -2.75. The van der Waals surface area contributed by atoms with E-state index in [9.17, 15) is 22.0 Å². The Morgan fingerprint density at radius 2 is 1.32 bits per heavy atom. The highest BCUT2D eigenvalue weighted by Crippen LogP contribution is 2.45. The molecule has 0 atom stereocenters. The number of hydrogen-bond donors (Lipinski definition) is 0. The van der Waals surface area contributed by atoms with Crippen molar-refractivity contribution in [1.29, 1.82) is 0 Å². The van der Waals surface area contributed by atoms with E-state index in [0.717, 1.165) is 36.2 Å². The number of rotatable bonds is 7. The molecule has 0 radical (unpaired) electrons. The van der Waals surface area contributed by atoms with Crippen LogP contribution < -0.4 is 4.74 Å². The highest BCUT2D eigenvalue weighted by Gasteiger charge is 2.36. The molecule has 0 amide bonds. The maximum absolute atomic E-state index is 14.6. The van der Waals surface area contributed by atoms with Gasteiger partial charge < -0.3 is 4.74 Å². The van der Waals surface area contributed by atoms with E-state index in [1.807, 2.05) is 0 Å². The highest BCUT2D eigenvalue weighted by atomic mass is 19.3. The molecular weight excluding hydrogens is 447 g/mol. The molecule has 6 heteroatoms. The molecule has 2 saturated carbocycles. The van der Waals surface area contributed by atoms with Crippen LogP contribution in [0.15, 0.2) is 36.4 Å². The van der Waals surface area contributed by atoms with Gasteiger partial charge in [0.2, 0.25) is 0 Å². The summed E-state index contributed by atoms with van der Waals surface area (Å²) in [4.78, 5) is 0. The van der Waals surface area contributed by atoms with Gasteiger partial charge in [0.15, 0.2) is 17.5 Å². The Hall–Kier alpha value is -2.11. The Balaban J connectivity index is 1.32. The van der Waals surface area contributed by atoms with Crippen molar-refractivity contribution in [3.63, 3.8) is 0 Å². The third kappa shape index (κ3) is 5.75. The van der Waals surface area contributed by atoms with Gasteiger partial charge in [-0.15, -0.1) is 0 Å². The summed E-state index contributed by atoms with van der Waals surface area (Å²) in [6.45, 7) is 2.27. The lowest BCUT2D eigenvalue weighted by molar-refractivity contribution is -0.185. The third-order valence-corrected chi connectivity index (χ3v) is 7.95. The smallest absolute Gasteiger partial charge is 0.426 e. The summed E-state index contributed by atoms with van der Waals surface area (Å²) < 4.78 is 73.3. The molecule has 0 bridgehead atoms. The van der Waals surface area contributed by atoms with E-state index >= 15 is 0 Å². The summed E-state index contributed by atoms with van der Waals surface area (Å²) in [5, 5.41) is 0. The lowest BCUT2D eigenvalue weighted by atomic mass is 9.68. The van der Waals surface area contributed by atoms with E-state index in [1.54, 1.807) is 12.1 Å². The molecule has 2 fully saturated rings. The Morgan fingerprint density at radius 3 is 1.85 bits per heavy atom. The highest BCUT2D eigenvalue weighted by molar-refractivity contribution is 5.30. The van der Waals surface area contributed by atoms with Crippen molar-refractivity contribution in [3.05, 3.63) is 65.0 Å². The minimum atomic E-state index is -3.80. The van der Waals surface area contributed by atoms with Gasteiger partial charge in [-0.2, -0.15) is 8.78 Å². The van der Waals surface area contributed by atoms with E-state index in [1.165, 1.54) is 63.5 Å². The van der Waals surface area contributed by atoms with Gasteiger partial charge >= 0.3 is 6.11 Å². The van der Waals surface area contributed by atoms with Gasteiger partial charge in [-0.1, -0.05) is 44.7 Å². The number of halogens is 5. The second-order valence-electron chi connectivity index (χ2n) is 10.1. The van der Waals surface area contributed by atoms with Crippen LogP contribution in [0.2, 0.25) is 0 Å². The van der Waals surface area contributed by atoms with Crippen LogP contribution >= 0.6 is 0 Å². The maximum Gasteiger partial charge on any atom is 0.426 e. The van der Waals surface area contributed by atoms with Crippen LogP contribution in [0, 0.1) is 35.2 Å². The SMILES string of the molecule is CCC[C@H]1CC[C@H](C2CCC(c3ccc(C(F)(F)Oc4cc(F)c(F)c(F)c4)cc3)CC2)CC1. The standard InChI is InChI=1S/C28H33F5O/c1-2-3-18-4-6-19(7-5-18)20-8-10-21(11-9-20)22-12-14-23(15-13-22)28(32,33)34-24-16-25(29)27(31)26(30)17-24/h12-21H,2-11H2,1H3/t18-,19-,20?,21?. The van der Waals surface area contributed by atoms with Crippen molar-refractivity contribution in [2.75, 3.05) is 0 Å². The van der Waals surface area contributed by atoms with E-state index in [0.29, 0.717) is 18.1 Å². The van der Waals surface area contributed by atoms with E-state index < -0.39 is 34.9 Å². The second-order valence-corrected chi connectivity index (χ2v) is 10.1. The molecule has 0 spiro atoms. The van der Waals surface area contributed by atoms with Crippen LogP contribution in [0.4, 0.5) is 22.0 Å². The van der Waals surface area contributed by atoms with Crippen molar-refractivity contribution in [2.45, 2.75) is 83.2 Å². The van der Waals surface area contributed by atoms with Gasteiger partial charge in [-0.3, -0.25) is 0 Å². The molecule has 4 rings (SSSR count). The van der Waals surface area contributed by atoms with Gasteiger partial charge in [-0.05, 0) is 79.9 Å². The summed E-state index contributed by atoms with van der Waals surface area (Å²) >= 11 is 0. The van der Waals surface area contributed by atoms with Crippen LogP contribution in [-0.4, -0.2) is 0 Å². The molecule has 0 aliphatic heterocycles. The number of alkyl halides is 2. The largest absolute Gasteiger partial charge is 0.429 e. The first-order valence-corrected chi connectivity index (χ1v) is 12.6. The van der Waals surface area contributed by atoms with E-state index in [-0.39, 0.29) is 0 Å². The van der Waals surface area contributed by atoms with Gasteiger partial charge in [0.25, 0.3) is 0 Å². The van der Waals surface area contributed by atoms with Crippen molar-refractivity contribution in [3.8, 4) is 5.75 Å². The molecular formula is C28H33F5O. The molecule has 0 aromatic heterocycles. The fourth-order valence-corrected chi connectivity index (χ4v) is 6.03. The molecule has 0 heterocycles. The monoisotopic (exact) mass is 480 g/mol. The van der Waals surface area contributed by atoms with Crippen LogP contribution in [0.5, 0.6) is 5.75 Å². The zero-order chi connectivity index (χ0) is 24.3. The molecule has 0 saturated heterocycles. The summed E-state index contributed by atoms with van der Waals surface area (Å²) in [5.41, 5.74) is 0.613. The Morgan fingerprint density at radius 1 is 0.794 bits per heavy atom. The van der Waals surface area contributed by atoms with Gasteiger partial charge in [0.1, 0.15) is 5.75 Å². The predicted octanol–water partition coefficient (Wildman–Crippen LogP) is 9.11. The second kappa shape index (κ2) is 10.7. The summed E-state index contributed by atoms with van der Waals surface area (Å²) in [6, 6.07) is 6.81. The Labute approximate surface area is 198 Å². The zero-order valence-corrected chi connectivity index (χ0v) is 19.6. The Bertz CT molecular complexity index is 919. The molecule has 2 aromatic carbocycles. The molecule has 186 valence electrons. The first-order chi connectivity index (χ1) is 16.3. The molecule has 0 N–H and O–H groups in total. The number of hydrogen-bond acceptors (Lipinski definition) is 1. The first kappa shape index (κ1) is 25.0. The van der Waals surface area contributed by atoms with Crippen molar-refractivity contribution >= 4 is 0 Å². The van der Waals surface area contributed by atoms with Crippen molar-refractivity contribution < 1.29 is 26.7 Å².